The number of phosphoric acid groups is 1. The number of carbonyl (C=O) groups excluding carboxylic acids is 3. The quantitative estimate of drug-likeness (QED) is 0.0197. The fourth-order valence-electron chi connectivity index (χ4n) is 8.13. The number of ether oxygens (including phenoxy) is 3. The van der Waals surface area contributed by atoms with Crippen LogP contribution in [0.2, 0.25) is 0 Å². The molecule has 0 heterocycles. The number of allylic oxidation sites excluding steroid dienone is 20. The predicted octanol–water partition coefficient (Wildman–Crippen LogP) is 19.1. The van der Waals surface area contributed by atoms with E-state index < -0.39 is 57.8 Å². The van der Waals surface area contributed by atoms with E-state index in [0.29, 0.717) is 19.3 Å². The van der Waals surface area contributed by atoms with Crippen molar-refractivity contribution in [3.05, 3.63) is 122 Å². The molecule has 456 valence electrons. The topological polar surface area (TPSA) is 155 Å². The monoisotopic (exact) mass is 1140 g/mol. The largest absolute Gasteiger partial charge is 0.472 e. The van der Waals surface area contributed by atoms with Crippen LogP contribution in [0.15, 0.2) is 122 Å². The Balaban J connectivity index is 4.80. The van der Waals surface area contributed by atoms with Crippen molar-refractivity contribution in [2.75, 3.05) is 26.4 Å². The smallest absolute Gasteiger partial charge is 0.462 e. The van der Waals surface area contributed by atoms with E-state index in [1.165, 1.54) is 57.8 Å². The molecule has 3 unspecified atom stereocenters. The second-order valence-electron chi connectivity index (χ2n) is 20.5. The molecule has 0 amide bonds. The highest BCUT2D eigenvalue weighted by Crippen LogP contribution is 2.43. The van der Waals surface area contributed by atoms with Crippen LogP contribution in [0.4, 0.5) is 0 Å². The lowest BCUT2D eigenvalue weighted by Gasteiger charge is -2.21. The fourth-order valence-corrected chi connectivity index (χ4v) is 8.92. The molecule has 0 fully saturated rings. The van der Waals surface area contributed by atoms with Crippen LogP contribution < -0.4 is 0 Å². The Kier molecular flexibility index (Phi) is 57.8. The Labute approximate surface area is 487 Å². The molecule has 0 aliphatic heterocycles. The molecule has 0 aromatic heterocycles. The maximum Gasteiger partial charge on any atom is 0.472 e. The molecule has 0 aliphatic rings. The molecule has 0 rings (SSSR count). The van der Waals surface area contributed by atoms with Crippen molar-refractivity contribution in [2.45, 2.75) is 264 Å². The maximum absolute atomic E-state index is 12.9. The molecule has 0 saturated carbocycles. The van der Waals surface area contributed by atoms with Crippen molar-refractivity contribution in [1.82, 2.24) is 0 Å². The van der Waals surface area contributed by atoms with Gasteiger partial charge in [0.2, 0.25) is 0 Å². The first-order valence-corrected chi connectivity index (χ1v) is 32.9. The zero-order chi connectivity index (χ0) is 58.3. The van der Waals surface area contributed by atoms with Crippen LogP contribution >= 0.6 is 7.82 Å². The Bertz CT molecular complexity index is 1800. The summed E-state index contributed by atoms with van der Waals surface area (Å²) in [7, 11) is -4.78. The number of hydrogen-bond donors (Lipinski definition) is 2. The number of phosphoric ester groups is 1. The highest BCUT2D eigenvalue weighted by molar-refractivity contribution is 7.47. The van der Waals surface area contributed by atoms with Gasteiger partial charge in [0.15, 0.2) is 6.10 Å². The van der Waals surface area contributed by atoms with Gasteiger partial charge in [-0.2, -0.15) is 0 Å². The number of aliphatic hydroxyl groups excluding tert-OH is 1. The van der Waals surface area contributed by atoms with E-state index in [4.69, 9.17) is 23.3 Å². The number of hydrogen-bond acceptors (Lipinski definition) is 10. The Hall–Kier alpha value is -4.12. The molecule has 0 spiro atoms. The van der Waals surface area contributed by atoms with Gasteiger partial charge >= 0.3 is 25.7 Å². The van der Waals surface area contributed by atoms with E-state index >= 15 is 0 Å². The molecule has 0 bridgehead atoms. The first-order chi connectivity index (χ1) is 39.2. The summed E-state index contributed by atoms with van der Waals surface area (Å²) < 4.78 is 39.6. The summed E-state index contributed by atoms with van der Waals surface area (Å²) in [6.45, 7) is 4.34. The third-order valence-corrected chi connectivity index (χ3v) is 13.8. The van der Waals surface area contributed by atoms with Gasteiger partial charge in [-0.05, 0) is 128 Å². The number of aliphatic hydroxyl groups is 1. The van der Waals surface area contributed by atoms with E-state index in [-0.39, 0.29) is 25.9 Å². The maximum atomic E-state index is 12.9. The second kappa shape index (κ2) is 61.0. The van der Waals surface area contributed by atoms with Gasteiger partial charge in [0.05, 0.1) is 19.8 Å². The minimum Gasteiger partial charge on any atom is -0.462 e. The van der Waals surface area contributed by atoms with E-state index in [9.17, 15) is 28.9 Å². The average Bonchev–Trinajstić information content (AvgIpc) is 3.45. The summed E-state index contributed by atoms with van der Waals surface area (Å²) in [5, 5.41) is 9.84. The molecule has 0 aromatic carbocycles. The molecule has 0 radical (unpaired) electrons. The zero-order valence-electron chi connectivity index (χ0n) is 50.5. The van der Waals surface area contributed by atoms with E-state index in [1.54, 1.807) is 0 Å². The van der Waals surface area contributed by atoms with Gasteiger partial charge in [-0.15, -0.1) is 0 Å². The van der Waals surface area contributed by atoms with Crippen molar-refractivity contribution in [2.24, 2.45) is 0 Å². The minimum atomic E-state index is -4.78. The molecule has 3 atom stereocenters. The summed E-state index contributed by atoms with van der Waals surface area (Å²) in [6.07, 6.45) is 75.8. The highest BCUT2D eigenvalue weighted by Gasteiger charge is 2.28. The Morgan fingerprint density at radius 2 is 0.650 bits per heavy atom. The summed E-state index contributed by atoms with van der Waals surface area (Å²) in [6, 6.07) is 0. The van der Waals surface area contributed by atoms with Crippen molar-refractivity contribution in [3.8, 4) is 0 Å². The lowest BCUT2D eigenvalue weighted by Crippen LogP contribution is -2.30. The van der Waals surface area contributed by atoms with Crippen molar-refractivity contribution in [3.63, 3.8) is 0 Å². The van der Waals surface area contributed by atoms with Crippen LogP contribution in [-0.2, 0) is 42.2 Å². The van der Waals surface area contributed by atoms with Gasteiger partial charge in [-0.3, -0.25) is 23.4 Å². The van der Waals surface area contributed by atoms with Crippen LogP contribution in [0.1, 0.15) is 252 Å². The summed E-state index contributed by atoms with van der Waals surface area (Å²) in [5.41, 5.74) is 0. The van der Waals surface area contributed by atoms with Gasteiger partial charge in [-0.1, -0.05) is 226 Å². The molecular formula is C68H113O11P. The first-order valence-electron chi connectivity index (χ1n) is 31.4. The van der Waals surface area contributed by atoms with Crippen LogP contribution in [0.25, 0.3) is 0 Å². The number of rotatable bonds is 57. The fraction of sp³-hybridized carbons (Fsp3) is 0.662. The van der Waals surface area contributed by atoms with Crippen LogP contribution in [0, 0.1) is 0 Å². The standard InChI is InChI=1S/C68H113O11P/c1-4-7-10-13-16-19-22-25-28-30-32-34-37-39-42-45-48-51-54-57-66(70)75-61-65(79-68(72)59-56-53-50-47-44-41-38-35-33-31-29-26-23-20-17-14-11-8-5-2)63-77-80(73,74)76-62-64(60-69)78-67(71)58-55-52-49-46-43-40-36-27-24-21-18-15-12-9-6-3/h8-9,11-12,16-21,25-29,33,35-36,41,44,64-65,69H,4-7,10,13-15,22-24,30-32,34,37-40,42-43,45-63H2,1-3H3,(H,73,74)/b11-8-,12-9-,19-16-,20-17-,21-18-,28-25-,29-26-,35-33-,36-27-,44-41-. The molecule has 80 heavy (non-hydrogen) atoms. The lowest BCUT2D eigenvalue weighted by molar-refractivity contribution is -0.161. The number of unbranched alkanes of at least 4 members (excludes halogenated alkanes) is 20. The summed E-state index contributed by atoms with van der Waals surface area (Å²) in [4.78, 5) is 48.7. The van der Waals surface area contributed by atoms with Crippen molar-refractivity contribution >= 4 is 25.7 Å². The Morgan fingerprint density at radius 1 is 0.362 bits per heavy atom. The number of esters is 3. The van der Waals surface area contributed by atoms with Gasteiger partial charge in [0.1, 0.15) is 12.7 Å². The summed E-state index contributed by atoms with van der Waals surface area (Å²) in [5.74, 6) is -1.53. The third kappa shape index (κ3) is 58.5. The molecule has 12 heteroatoms. The number of carbonyl (C=O) groups is 3. The van der Waals surface area contributed by atoms with Crippen molar-refractivity contribution < 1.29 is 52.2 Å². The van der Waals surface area contributed by atoms with Gasteiger partial charge in [0.25, 0.3) is 0 Å². The molecule has 0 saturated heterocycles. The molecular weight excluding hydrogens is 1020 g/mol. The van der Waals surface area contributed by atoms with E-state index in [0.717, 1.165) is 135 Å². The zero-order valence-corrected chi connectivity index (χ0v) is 51.4. The molecule has 11 nitrogen and oxygen atoms in total. The van der Waals surface area contributed by atoms with Crippen LogP contribution in [0.3, 0.4) is 0 Å². The first kappa shape index (κ1) is 75.9. The SMILES string of the molecule is CC/C=C\C/C=C\C/C=C\C/C=C\C/C=C\CCCCCC(=O)OC(COC(=O)CCCCCCCCCCC/C=C\C/C=C\CCCCC)COP(=O)(O)OCC(CO)OC(=O)CCCCCCC/C=C\C/C=C\C/C=C\CC. The van der Waals surface area contributed by atoms with Gasteiger partial charge < -0.3 is 24.2 Å². The predicted molar refractivity (Wildman–Crippen MR) is 334 cm³/mol. The van der Waals surface area contributed by atoms with Crippen LogP contribution in [-0.4, -0.2) is 66.5 Å². The second-order valence-corrected chi connectivity index (χ2v) is 21.9. The highest BCUT2D eigenvalue weighted by atomic mass is 31.2. The third-order valence-electron chi connectivity index (χ3n) is 12.8. The van der Waals surface area contributed by atoms with Crippen molar-refractivity contribution in [1.29, 1.82) is 0 Å². The van der Waals surface area contributed by atoms with Gasteiger partial charge in [-0.25, -0.2) is 4.57 Å². The molecule has 0 aromatic rings. The average molecular weight is 1140 g/mol. The van der Waals surface area contributed by atoms with E-state index in [1.807, 2.05) is 0 Å². The molecule has 2 N–H and O–H groups in total. The van der Waals surface area contributed by atoms with E-state index in [2.05, 4.69) is 142 Å². The van der Waals surface area contributed by atoms with Gasteiger partial charge in [0, 0.05) is 19.3 Å². The van der Waals surface area contributed by atoms with Crippen LogP contribution in [0.5, 0.6) is 0 Å². The lowest BCUT2D eigenvalue weighted by atomic mass is 10.1. The minimum absolute atomic E-state index is 0.120. The summed E-state index contributed by atoms with van der Waals surface area (Å²) >= 11 is 0. The molecule has 0 aliphatic carbocycles. The Morgan fingerprint density at radius 3 is 1.01 bits per heavy atom. The normalized spacial score (nSPS) is 14.1.